The molecule has 0 fully saturated rings. The minimum Gasteiger partial charge on any atom is -0.352 e. The molecule has 0 aromatic heterocycles. The largest absolute Gasteiger partial charge is 0.352 e. The maximum atomic E-state index is 14.0. The first kappa shape index (κ1) is 29.5. The lowest BCUT2D eigenvalue weighted by Crippen LogP contribution is -2.52. The van der Waals surface area contributed by atoms with Gasteiger partial charge in [-0.1, -0.05) is 89.6 Å². The van der Waals surface area contributed by atoms with Crippen LogP contribution in [0.4, 0.5) is 5.69 Å². The predicted molar refractivity (Wildman–Crippen MR) is 171 cm³/mol. The summed E-state index contributed by atoms with van der Waals surface area (Å²) < 4.78 is 0.950. The molecule has 1 aliphatic rings. The highest BCUT2D eigenvalue weighted by Gasteiger charge is 2.32. The van der Waals surface area contributed by atoms with E-state index in [1.807, 2.05) is 105 Å². The number of carbonyl (C=O) groups excluding carboxylic acids is 3. The minimum absolute atomic E-state index is 0.00840. The summed E-state index contributed by atoms with van der Waals surface area (Å²) in [7, 11) is 0. The molecule has 0 saturated heterocycles. The highest BCUT2D eigenvalue weighted by molar-refractivity contribution is 9.10. The van der Waals surface area contributed by atoms with Gasteiger partial charge in [-0.15, -0.1) is 0 Å². The first-order valence-electron chi connectivity index (χ1n) is 14.6. The maximum absolute atomic E-state index is 14.0. The van der Waals surface area contributed by atoms with Crippen molar-refractivity contribution in [1.29, 1.82) is 0 Å². The molecule has 1 heterocycles. The summed E-state index contributed by atoms with van der Waals surface area (Å²) >= 11 is 3.49. The fourth-order valence-corrected chi connectivity index (χ4v) is 5.78. The zero-order valence-corrected chi connectivity index (χ0v) is 25.6. The second kappa shape index (κ2) is 13.3. The van der Waals surface area contributed by atoms with Crippen LogP contribution in [0.1, 0.15) is 54.6 Å². The van der Waals surface area contributed by atoms with Crippen LogP contribution in [-0.2, 0) is 22.6 Å². The van der Waals surface area contributed by atoms with Crippen LogP contribution in [0.3, 0.4) is 0 Å². The van der Waals surface area contributed by atoms with Crippen molar-refractivity contribution in [3.63, 3.8) is 0 Å². The van der Waals surface area contributed by atoms with E-state index in [1.165, 1.54) is 0 Å². The number of rotatable bonds is 12. The Morgan fingerprint density at radius 2 is 1.62 bits per heavy atom. The zero-order chi connectivity index (χ0) is 29.6. The number of nitrogens with one attached hydrogen (secondary N) is 1. The summed E-state index contributed by atoms with van der Waals surface area (Å²) in [6, 6.07) is 28.7. The Hall–Kier alpha value is -3.97. The molecule has 216 valence electrons. The molecule has 1 N–H and O–H groups in total. The van der Waals surface area contributed by atoms with Gasteiger partial charge in [-0.2, -0.15) is 0 Å². The van der Waals surface area contributed by atoms with Crippen LogP contribution in [0, 0.1) is 0 Å². The van der Waals surface area contributed by atoms with Gasteiger partial charge in [-0.25, -0.2) is 0 Å². The van der Waals surface area contributed by atoms with Crippen molar-refractivity contribution in [2.45, 2.75) is 58.2 Å². The summed E-state index contributed by atoms with van der Waals surface area (Å²) in [5, 5.41) is 5.12. The smallest absolute Gasteiger partial charge is 0.258 e. The molecular weight excluding hydrogens is 590 g/mol. The van der Waals surface area contributed by atoms with Gasteiger partial charge in [0.05, 0.1) is 5.69 Å². The molecule has 6 nitrogen and oxygen atoms in total. The summed E-state index contributed by atoms with van der Waals surface area (Å²) in [6.07, 6.45) is 1.90. The Bertz CT molecular complexity index is 1570. The summed E-state index contributed by atoms with van der Waals surface area (Å²) in [5.74, 6) is -0.299. The van der Waals surface area contributed by atoms with Crippen molar-refractivity contribution < 1.29 is 14.4 Å². The molecule has 0 bridgehead atoms. The Morgan fingerprint density at radius 1 is 0.905 bits per heavy atom. The molecule has 2 unspecified atom stereocenters. The molecule has 0 spiro atoms. The second-order valence-corrected chi connectivity index (χ2v) is 11.8. The monoisotopic (exact) mass is 625 g/mol. The molecular formula is C35H36BrN3O3. The van der Waals surface area contributed by atoms with E-state index in [4.69, 9.17) is 0 Å². The third kappa shape index (κ3) is 6.57. The molecule has 7 heteroatoms. The van der Waals surface area contributed by atoms with Gasteiger partial charge in [0, 0.05) is 47.4 Å². The normalized spacial score (nSPS) is 13.7. The second-order valence-electron chi connectivity index (χ2n) is 10.9. The lowest BCUT2D eigenvalue weighted by molar-refractivity contribution is -0.141. The number of anilines is 1. The number of hydrogen-bond acceptors (Lipinski definition) is 3. The van der Waals surface area contributed by atoms with E-state index in [0.717, 1.165) is 38.5 Å². The molecule has 4 aromatic carbocycles. The van der Waals surface area contributed by atoms with E-state index in [0.29, 0.717) is 31.5 Å². The number of amides is 3. The first-order chi connectivity index (χ1) is 20.4. The van der Waals surface area contributed by atoms with E-state index in [2.05, 4.69) is 21.2 Å². The Labute approximate surface area is 255 Å². The Balaban J connectivity index is 1.37. The molecule has 0 aliphatic carbocycles. The van der Waals surface area contributed by atoms with Crippen molar-refractivity contribution in [1.82, 2.24) is 10.2 Å². The molecule has 0 saturated carbocycles. The molecule has 42 heavy (non-hydrogen) atoms. The Morgan fingerprint density at radius 3 is 2.33 bits per heavy atom. The number of hydrogen-bond donors (Lipinski definition) is 1. The molecule has 0 radical (unpaired) electrons. The lowest BCUT2D eigenvalue weighted by Gasteiger charge is -2.32. The third-order valence-corrected chi connectivity index (χ3v) is 8.49. The van der Waals surface area contributed by atoms with Crippen molar-refractivity contribution >= 4 is 50.1 Å². The van der Waals surface area contributed by atoms with Crippen molar-refractivity contribution in [3.8, 4) is 0 Å². The minimum atomic E-state index is -0.677. The van der Waals surface area contributed by atoms with Gasteiger partial charge in [-0.3, -0.25) is 14.4 Å². The zero-order valence-electron chi connectivity index (χ0n) is 24.1. The van der Waals surface area contributed by atoms with Gasteiger partial charge < -0.3 is 15.1 Å². The highest BCUT2D eigenvalue weighted by Crippen LogP contribution is 2.37. The SMILES string of the molecule is CCC(C)NC(=O)C(Cc1ccccc1)N(Cc1ccc(Br)cc1)C(=O)CCCN1C(=O)c2cccc3cccc1c23. The maximum Gasteiger partial charge on any atom is 0.258 e. The van der Waals surface area contributed by atoms with Gasteiger partial charge >= 0.3 is 0 Å². The van der Waals surface area contributed by atoms with Gasteiger partial charge in [0.1, 0.15) is 6.04 Å². The van der Waals surface area contributed by atoms with E-state index in [9.17, 15) is 14.4 Å². The summed E-state index contributed by atoms with van der Waals surface area (Å²) in [5.41, 5.74) is 3.53. The van der Waals surface area contributed by atoms with Crippen molar-refractivity contribution in [3.05, 3.63) is 112 Å². The first-order valence-corrected chi connectivity index (χ1v) is 15.4. The van der Waals surface area contributed by atoms with E-state index in [-0.39, 0.29) is 30.2 Å². The van der Waals surface area contributed by atoms with E-state index in [1.54, 1.807) is 9.80 Å². The number of benzene rings is 4. The number of carbonyl (C=O) groups is 3. The van der Waals surface area contributed by atoms with Crippen LogP contribution in [-0.4, -0.2) is 41.2 Å². The van der Waals surface area contributed by atoms with Crippen LogP contribution >= 0.6 is 15.9 Å². The molecule has 2 atom stereocenters. The Kier molecular flexibility index (Phi) is 9.38. The molecule has 3 amide bonds. The van der Waals surface area contributed by atoms with Crippen molar-refractivity contribution in [2.75, 3.05) is 11.4 Å². The average molecular weight is 627 g/mol. The highest BCUT2D eigenvalue weighted by atomic mass is 79.9. The third-order valence-electron chi connectivity index (χ3n) is 7.96. The quantitative estimate of drug-likeness (QED) is 0.186. The summed E-state index contributed by atoms with van der Waals surface area (Å²) in [6.45, 7) is 4.74. The topological polar surface area (TPSA) is 69.7 Å². The lowest BCUT2D eigenvalue weighted by atomic mass is 10.0. The van der Waals surface area contributed by atoms with E-state index >= 15 is 0 Å². The van der Waals surface area contributed by atoms with Gasteiger partial charge in [0.2, 0.25) is 11.8 Å². The van der Waals surface area contributed by atoms with Crippen LogP contribution in [0.25, 0.3) is 10.8 Å². The predicted octanol–water partition coefficient (Wildman–Crippen LogP) is 6.90. The molecule has 1 aliphatic heterocycles. The van der Waals surface area contributed by atoms with Gasteiger partial charge in [-0.05, 0) is 60.5 Å². The molecule has 4 aromatic rings. The van der Waals surface area contributed by atoms with Crippen LogP contribution in [0.2, 0.25) is 0 Å². The fraction of sp³-hybridized carbons (Fsp3) is 0.286. The number of halogens is 1. The average Bonchev–Trinajstić information content (AvgIpc) is 3.28. The summed E-state index contributed by atoms with van der Waals surface area (Å²) in [4.78, 5) is 44.5. The number of nitrogens with zero attached hydrogens (tertiary/aromatic N) is 2. The fourth-order valence-electron chi connectivity index (χ4n) is 5.51. The standard InChI is InChI=1S/C35H36BrN3O3/c1-3-24(2)37-34(41)31(22-25-10-5-4-6-11-25)39(23-26-17-19-28(36)20-18-26)32(40)16-9-21-38-30-15-8-13-27-12-7-14-29(33(27)30)35(38)42/h4-8,10-15,17-20,24,31H,3,9,16,21-23H2,1-2H3,(H,37,41). The van der Waals surface area contributed by atoms with Gasteiger partial charge in [0.15, 0.2) is 0 Å². The van der Waals surface area contributed by atoms with Crippen LogP contribution < -0.4 is 10.2 Å². The van der Waals surface area contributed by atoms with Crippen LogP contribution in [0.5, 0.6) is 0 Å². The van der Waals surface area contributed by atoms with Gasteiger partial charge in [0.25, 0.3) is 5.91 Å². The van der Waals surface area contributed by atoms with E-state index < -0.39 is 6.04 Å². The van der Waals surface area contributed by atoms with Crippen molar-refractivity contribution in [2.24, 2.45) is 0 Å². The van der Waals surface area contributed by atoms with Crippen LogP contribution in [0.15, 0.2) is 95.5 Å². The molecule has 5 rings (SSSR count).